The maximum atomic E-state index is 14.5. The molecular weight excluding hydrogens is 653 g/mol. The fraction of sp³-hybridized carbons (Fsp3) is 0.567. The number of amides is 1. The third-order valence-electron chi connectivity index (χ3n) is 8.27. The summed E-state index contributed by atoms with van der Waals surface area (Å²) in [5.41, 5.74) is 1.04. The molecule has 5 rings (SSSR count). The lowest BCUT2D eigenvalue weighted by molar-refractivity contribution is -0.134. The summed E-state index contributed by atoms with van der Waals surface area (Å²) in [6, 6.07) is 3.91. The molecule has 0 spiro atoms. The van der Waals surface area contributed by atoms with Crippen LogP contribution in [0, 0.1) is 12.5 Å². The molecule has 0 radical (unpaired) electrons. The first-order valence-corrected chi connectivity index (χ1v) is 21.1. The lowest BCUT2D eigenvalue weighted by atomic mass is 9.96. The number of fused-ring (bicyclic) bond motifs is 1. The van der Waals surface area contributed by atoms with Gasteiger partial charge in [-0.15, -0.1) is 10.2 Å². The van der Waals surface area contributed by atoms with Gasteiger partial charge in [-0.2, -0.15) is 5.10 Å². The number of aromatic nitrogens is 4. The average Bonchev–Trinajstić information content (AvgIpc) is 3.48. The van der Waals surface area contributed by atoms with Gasteiger partial charge in [-0.1, -0.05) is 55.2 Å². The van der Waals surface area contributed by atoms with Crippen molar-refractivity contribution in [1.82, 2.24) is 29.2 Å². The molecule has 2 aliphatic rings. The Bertz CT molecular complexity index is 1820. The molecule has 2 aromatic heterocycles. The topological polar surface area (TPSA) is 115 Å². The Morgan fingerprint density at radius 1 is 1.24 bits per heavy atom. The zero-order valence-corrected chi connectivity index (χ0v) is 29.5. The van der Waals surface area contributed by atoms with Crippen LogP contribution >= 0.6 is 11.3 Å². The van der Waals surface area contributed by atoms with E-state index in [1.54, 1.807) is 22.7 Å². The van der Waals surface area contributed by atoms with Crippen molar-refractivity contribution in [2.45, 2.75) is 75.8 Å². The number of hydrogen-bond acceptors (Lipinski definition) is 8. The molecule has 3 heterocycles. The van der Waals surface area contributed by atoms with E-state index in [-0.39, 0.29) is 34.2 Å². The van der Waals surface area contributed by atoms with Crippen LogP contribution in [0.4, 0.5) is 8.78 Å². The molecular formula is C30H39F2N7O4S2Si. The molecule has 1 amide bonds. The Hall–Kier alpha value is -3.10. The molecule has 0 N–H and O–H groups in total. The predicted molar refractivity (Wildman–Crippen MR) is 175 cm³/mol. The van der Waals surface area contributed by atoms with Gasteiger partial charge in [-0.25, -0.2) is 23.8 Å². The highest BCUT2D eigenvalue weighted by atomic mass is 32.2. The molecule has 1 fully saturated rings. The summed E-state index contributed by atoms with van der Waals surface area (Å²) in [6.07, 6.45) is 0.370. The average molecular weight is 692 g/mol. The van der Waals surface area contributed by atoms with Gasteiger partial charge in [0.2, 0.25) is 5.91 Å². The summed E-state index contributed by atoms with van der Waals surface area (Å²) >= 11 is 0.700. The number of ether oxygens (including phenoxy) is 1. The number of benzene rings is 1. The third-order valence-corrected chi connectivity index (χ3v) is 12.8. The minimum Gasteiger partial charge on any atom is -0.365 e. The van der Waals surface area contributed by atoms with Crippen LogP contribution in [0.5, 0.6) is 0 Å². The molecule has 1 aliphatic heterocycles. The van der Waals surface area contributed by atoms with Crippen molar-refractivity contribution in [3.05, 3.63) is 40.2 Å². The Labute approximate surface area is 273 Å². The highest BCUT2D eigenvalue weighted by Crippen LogP contribution is 2.47. The lowest BCUT2D eigenvalue weighted by Gasteiger charge is -2.29. The van der Waals surface area contributed by atoms with E-state index < -0.39 is 35.2 Å². The van der Waals surface area contributed by atoms with E-state index in [1.165, 1.54) is 6.07 Å². The van der Waals surface area contributed by atoms with Crippen LogP contribution in [0.3, 0.4) is 0 Å². The fourth-order valence-electron chi connectivity index (χ4n) is 5.44. The maximum Gasteiger partial charge on any atom is 0.303 e. The normalized spacial score (nSPS) is 16.8. The van der Waals surface area contributed by atoms with Crippen molar-refractivity contribution in [2.75, 3.05) is 26.4 Å². The van der Waals surface area contributed by atoms with E-state index >= 15 is 0 Å². The second-order valence-corrected chi connectivity index (χ2v) is 21.8. The first-order valence-electron chi connectivity index (χ1n) is 15.2. The van der Waals surface area contributed by atoms with Crippen LogP contribution in [0.2, 0.25) is 25.7 Å². The minimum atomic E-state index is -4.29. The molecule has 1 saturated carbocycles. The SMILES string of the molecule is [C-]#[N+]C1(N(COCC[Si](C)(C)C)S(=O)(=O)c2cc(C3=CCN(C(=O)C(C)C)CC3)c3c(c2)c(-c2nnc(C(F)F)s2)nn3C)CC1. The summed E-state index contributed by atoms with van der Waals surface area (Å²) in [6.45, 7) is 19.1. The van der Waals surface area contributed by atoms with Crippen LogP contribution in [-0.4, -0.2) is 83.7 Å². The number of halogens is 2. The summed E-state index contributed by atoms with van der Waals surface area (Å²) in [5.74, 6) is -0.125. The number of alkyl halides is 2. The Morgan fingerprint density at radius 2 is 1.96 bits per heavy atom. The van der Waals surface area contributed by atoms with Gasteiger partial charge in [0.1, 0.15) is 12.4 Å². The molecule has 0 unspecified atom stereocenters. The second-order valence-electron chi connectivity index (χ2n) is 13.3. The second kappa shape index (κ2) is 12.8. The first kappa shape index (κ1) is 34.2. The number of nitrogens with zero attached hydrogens (tertiary/aromatic N) is 7. The van der Waals surface area contributed by atoms with E-state index in [9.17, 15) is 22.0 Å². The van der Waals surface area contributed by atoms with E-state index in [0.29, 0.717) is 66.8 Å². The van der Waals surface area contributed by atoms with Gasteiger partial charge in [0, 0.05) is 51.7 Å². The van der Waals surface area contributed by atoms with Gasteiger partial charge in [-0.05, 0) is 30.2 Å². The van der Waals surface area contributed by atoms with Crippen LogP contribution in [0.15, 0.2) is 23.1 Å². The van der Waals surface area contributed by atoms with E-state index in [0.717, 1.165) is 15.9 Å². The van der Waals surface area contributed by atoms with Crippen molar-refractivity contribution in [1.29, 1.82) is 0 Å². The molecule has 0 saturated heterocycles. The van der Waals surface area contributed by atoms with Crippen LogP contribution in [-0.2, 0) is 26.6 Å². The van der Waals surface area contributed by atoms with E-state index in [1.807, 2.05) is 19.9 Å². The van der Waals surface area contributed by atoms with Gasteiger partial charge < -0.3 is 9.64 Å². The van der Waals surface area contributed by atoms with Gasteiger partial charge in [-0.3, -0.25) is 14.3 Å². The van der Waals surface area contributed by atoms with Crippen molar-refractivity contribution < 1.29 is 26.7 Å². The zero-order chi connectivity index (χ0) is 33.6. The summed E-state index contributed by atoms with van der Waals surface area (Å²) in [5, 5.41) is 12.2. The lowest BCUT2D eigenvalue weighted by Crippen LogP contribution is -2.42. The number of carbonyl (C=O) groups is 1. The molecule has 0 atom stereocenters. The molecule has 1 aliphatic carbocycles. The maximum absolute atomic E-state index is 14.5. The van der Waals surface area contributed by atoms with Gasteiger partial charge in [0.25, 0.3) is 16.4 Å². The highest BCUT2D eigenvalue weighted by molar-refractivity contribution is 7.89. The largest absolute Gasteiger partial charge is 0.365 e. The van der Waals surface area contributed by atoms with Crippen molar-refractivity contribution in [2.24, 2.45) is 13.0 Å². The Morgan fingerprint density at radius 3 is 2.50 bits per heavy atom. The predicted octanol–water partition coefficient (Wildman–Crippen LogP) is 6.01. The minimum absolute atomic E-state index is 0.0318. The zero-order valence-electron chi connectivity index (χ0n) is 26.9. The van der Waals surface area contributed by atoms with Crippen LogP contribution in [0.25, 0.3) is 32.0 Å². The highest BCUT2D eigenvalue weighted by Gasteiger charge is 2.61. The standard InChI is InChI=1S/C30H39F2N7O4S2Si/c1-19(2)29(40)38-12-8-20(9-13-38)22-16-21(17-23-24(36-37(4)25(22)23)27-34-35-28(44-27)26(31)32)45(41,42)39(30(33-3)10-11-30)18-43-14-15-46(5,6)7/h8,16-17,19,26H,9-15,18H2,1-2,4-7H3. The quantitative estimate of drug-likeness (QED) is 0.0989. The summed E-state index contributed by atoms with van der Waals surface area (Å²) in [7, 11) is -4.03. The monoisotopic (exact) mass is 691 g/mol. The Balaban J connectivity index is 1.64. The molecule has 11 nitrogen and oxygen atoms in total. The molecule has 3 aromatic rings. The molecule has 0 bridgehead atoms. The van der Waals surface area contributed by atoms with Crippen molar-refractivity contribution in [3.63, 3.8) is 0 Å². The van der Waals surface area contributed by atoms with Gasteiger partial charge in [0.15, 0.2) is 10.0 Å². The number of sulfonamides is 1. The van der Waals surface area contributed by atoms with E-state index in [2.05, 4.69) is 39.8 Å². The molecule has 16 heteroatoms. The number of carbonyl (C=O) groups excluding carboxylic acids is 1. The van der Waals surface area contributed by atoms with Crippen molar-refractivity contribution >= 4 is 51.8 Å². The summed E-state index contributed by atoms with van der Waals surface area (Å²) < 4.78 is 64.5. The first-order chi connectivity index (χ1) is 21.6. The van der Waals surface area contributed by atoms with Gasteiger partial charge >= 0.3 is 5.66 Å². The number of aryl methyl sites for hydroxylation is 1. The smallest absolute Gasteiger partial charge is 0.303 e. The molecule has 1 aromatic carbocycles. The molecule has 248 valence electrons. The van der Waals surface area contributed by atoms with Crippen molar-refractivity contribution in [3.8, 4) is 10.7 Å². The number of hydrogen-bond donors (Lipinski definition) is 0. The van der Waals surface area contributed by atoms with Crippen LogP contribution in [0.1, 0.15) is 50.1 Å². The fourth-order valence-corrected chi connectivity index (χ4v) is 8.56. The number of rotatable bonds is 12. The van der Waals surface area contributed by atoms with Crippen LogP contribution < -0.4 is 0 Å². The molecule has 46 heavy (non-hydrogen) atoms. The van der Waals surface area contributed by atoms with E-state index in [4.69, 9.17) is 11.3 Å². The van der Waals surface area contributed by atoms with Gasteiger partial charge in [0.05, 0.1) is 23.3 Å². The summed E-state index contributed by atoms with van der Waals surface area (Å²) in [4.78, 5) is 18.1. The Kier molecular flexibility index (Phi) is 9.55. The third kappa shape index (κ3) is 6.79.